The van der Waals surface area contributed by atoms with Crippen LogP contribution in [0.5, 0.6) is 0 Å². The molecule has 0 bridgehead atoms. The van der Waals surface area contributed by atoms with Gasteiger partial charge in [0.1, 0.15) is 92.6 Å². The Kier molecular flexibility index (Phi) is 64.8. The van der Waals surface area contributed by atoms with E-state index in [1.165, 1.54) is 205 Å². The Morgan fingerprint density at radius 3 is 0.940 bits per heavy atom. The number of carbonyl (C=O) groups excluding carboxylic acids is 4. The minimum Gasteiger partial charge on any atom is -0.463 e. The zero-order valence-corrected chi connectivity index (χ0v) is 73.7. The maximum atomic E-state index is 14.9. The summed E-state index contributed by atoms with van der Waals surface area (Å²) in [5, 5.41) is 102. The summed E-state index contributed by atoms with van der Waals surface area (Å²) in [6, 6.07) is 0. The second kappa shape index (κ2) is 69.8. The van der Waals surface area contributed by atoms with Crippen molar-refractivity contribution in [3.63, 3.8) is 0 Å². The van der Waals surface area contributed by atoms with Gasteiger partial charge in [0.25, 0.3) is 0 Å². The second-order valence-corrected chi connectivity index (χ2v) is 35.3. The lowest BCUT2D eigenvalue weighted by atomic mass is 9.84. The summed E-state index contributed by atoms with van der Waals surface area (Å²) >= 11 is 0. The quantitative estimate of drug-likeness (QED) is 0.0117. The van der Waals surface area contributed by atoms with Crippen LogP contribution < -0.4 is 0 Å². The molecule has 0 aromatic rings. The third-order valence-corrected chi connectivity index (χ3v) is 24.3. The lowest BCUT2D eigenvalue weighted by Crippen LogP contribution is -2.70. The summed E-state index contributed by atoms with van der Waals surface area (Å²) < 4.78 is 73.4. The highest BCUT2D eigenvalue weighted by Crippen LogP contribution is 2.49. The molecule has 10 N–H and O–H groups in total. The minimum atomic E-state index is -5.80. The highest BCUT2D eigenvalue weighted by atomic mass is 31.2. The summed E-state index contributed by atoms with van der Waals surface area (Å²) in [5.74, 6) is -2.94. The van der Waals surface area contributed by atoms with Crippen LogP contribution in [0, 0.1) is 0 Å². The van der Waals surface area contributed by atoms with Crippen LogP contribution in [0.2, 0.25) is 0 Å². The molecule has 0 aromatic heterocycles. The molecule has 3 fully saturated rings. The molecule has 684 valence electrons. The molecule has 25 nitrogen and oxygen atoms in total. The Labute approximate surface area is 699 Å². The van der Waals surface area contributed by atoms with Crippen molar-refractivity contribution in [2.24, 2.45) is 0 Å². The van der Waals surface area contributed by atoms with Crippen LogP contribution in [0.3, 0.4) is 0 Å². The van der Waals surface area contributed by atoms with Crippen molar-refractivity contribution in [3.05, 3.63) is 0 Å². The number of aliphatic hydroxyl groups excluding tert-OH is 9. The summed E-state index contributed by atoms with van der Waals surface area (Å²) in [6.45, 7) is 5.63. The van der Waals surface area contributed by atoms with E-state index in [1.54, 1.807) is 0 Å². The van der Waals surface area contributed by atoms with E-state index in [0.717, 1.165) is 128 Å². The van der Waals surface area contributed by atoms with Crippen LogP contribution in [0.15, 0.2) is 0 Å². The van der Waals surface area contributed by atoms with Crippen LogP contribution in [0.4, 0.5) is 0 Å². The van der Waals surface area contributed by atoms with E-state index < -0.39 is 162 Å². The predicted octanol–water partition coefficient (Wildman–Crippen LogP) is 17.4. The molecule has 0 spiro atoms. The molecule has 26 heteroatoms. The van der Waals surface area contributed by atoms with Gasteiger partial charge in [0.15, 0.2) is 24.8 Å². The zero-order valence-electron chi connectivity index (χ0n) is 72.8. The smallest absolute Gasteiger partial charge is 0.463 e. The van der Waals surface area contributed by atoms with Gasteiger partial charge in [0.2, 0.25) is 0 Å². The van der Waals surface area contributed by atoms with Crippen LogP contribution in [-0.2, 0) is 70.7 Å². The third-order valence-electron chi connectivity index (χ3n) is 23.4. The van der Waals surface area contributed by atoms with Crippen molar-refractivity contribution in [1.29, 1.82) is 0 Å². The van der Waals surface area contributed by atoms with Crippen molar-refractivity contribution in [3.8, 4) is 0 Å². The molecule has 18 unspecified atom stereocenters. The second-order valence-electron chi connectivity index (χ2n) is 33.9. The average molecular weight is 1680 g/mol. The van der Waals surface area contributed by atoms with Crippen molar-refractivity contribution in [2.75, 3.05) is 26.4 Å². The molecular weight excluding hydrogens is 1510 g/mol. The van der Waals surface area contributed by atoms with E-state index in [0.29, 0.717) is 32.1 Å². The number of ether oxygens (including phenoxy) is 8. The number of phosphoric ester groups is 1. The first-order chi connectivity index (χ1) is 56.2. The third kappa shape index (κ3) is 49.7. The standard InChI is InChI=1S/C90H169O25P/c1-5-9-13-17-21-25-29-33-35-37-40-43-47-51-55-59-63-74(93)107-69-72-78(97)80(99)84(103)90(111-72)114-87-85(112-76(95)65-61-57-53-49-44-39-32-28-24-20-16-12-8-4)81(100)82(101)86(113-89-83(102)79(98)77(96)71(66-91)110-89)88(87)115-116(104,105)108-68-70(67-106-73(92)62-58-54-50-46-42-38-31-27-23-19-15-11-7-3)109-75(94)64-60-56-52-48-45-41-36-34-30-26-22-18-14-10-6-2/h70-72,77-91,96-103H,5-69H2,1-4H3,(H,104,105). The van der Waals surface area contributed by atoms with Crippen molar-refractivity contribution < 1.29 is 122 Å². The van der Waals surface area contributed by atoms with Gasteiger partial charge in [-0.2, -0.15) is 0 Å². The first-order valence-corrected chi connectivity index (χ1v) is 48.8. The predicted molar refractivity (Wildman–Crippen MR) is 449 cm³/mol. The molecule has 18 atom stereocenters. The number of carbonyl (C=O) groups is 4. The van der Waals surface area contributed by atoms with Gasteiger partial charge < -0.3 is 88.7 Å². The van der Waals surface area contributed by atoms with Crippen LogP contribution in [0.25, 0.3) is 0 Å². The molecular formula is C90H169O25P. The molecule has 2 heterocycles. The molecule has 0 radical (unpaired) electrons. The fourth-order valence-electron chi connectivity index (χ4n) is 15.8. The number of hydrogen-bond acceptors (Lipinski definition) is 24. The lowest BCUT2D eigenvalue weighted by Gasteiger charge is -2.50. The van der Waals surface area contributed by atoms with E-state index in [1.807, 2.05) is 0 Å². The zero-order chi connectivity index (χ0) is 84.7. The normalized spacial score (nSPS) is 25.1. The molecule has 3 rings (SSSR count). The van der Waals surface area contributed by atoms with Gasteiger partial charge in [-0.25, -0.2) is 4.57 Å². The van der Waals surface area contributed by atoms with E-state index >= 15 is 0 Å². The topological polar surface area (TPSA) is 380 Å². The molecule has 3 aliphatic rings. The van der Waals surface area contributed by atoms with Gasteiger partial charge in [-0.1, -0.05) is 368 Å². The highest BCUT2D eigenvalue weighted by Gasteiger charge is 2.60. The first-order valence-electron chi connectivity index (χ1n) is 47.3. The molecule has 0 amide bonds. The Morgan fingerprint density at radius 1 is 0.310 bits per heavy atom. The largest absolute Gasteiger partial charge is 0.472 e. The Morgan fingerprint density at radius 2 is 0.595 bits per heavy atom. The Bertz CT molecular complexity index is 2410. The fourth-order valence-corrected chi connectivity index (χ4v) is 16.8. The van der Waals surface area contributed by atoms with Gasteiger partial charge in [0.05, 0.1) is 13.2 Å². The highest BCUT2D eigenvalue weighted by molar-refractivity contribution is 7.47. The molecule has 2 aliphatic heterocycles. The maximum absolute atomic E-state index is 14.9. The van der Waals surface area contributed by atoms with Crippen molar-refractivity contribution >= 4 is 31.7 Å². The van der Waals surface area contributed by atoms with E-state index in [4.69, 9.17) is 46.9 Å². The fraction of sp³-hybridized carbons (Fsp3) is 0.956. The average Bonchev–Trinajstić information content (AvgIpc) is 0.754. The maximum Gasteiger partial charge on any atom is 0.472 e. The lowest BCUT2D eigenvalue weighted by molar-refractivity contribution is -0.360. The van der Waals surface area contributed by atoms with Gasteiger partial charge in [-0.3, -0.25) is 28.2 Å². The van der Waals surface area contributed by atoms with E-state index in [9.17, 15) is 74.6 Å². The Hall–Kier alpha value is -2.53. The van der Waals surface area contributed by atoms with Gasteiger partial charge in [0, 0.05) is 25.7 Å². The van der Waals surface area contributed by atoms with Crippen LogP contribution in [0.1, 0.15) is 419 Å². The molecule has 1 aliphatic carbocycles. The van der Waals surface area contributed by atoms with Crippen molar-refractivity contribution in [1.82, 2.24) is 0 Å². The van der Waals surface area contributed by atoms with Crippen LogP contribution in [-0.4, -0.2) is 205 Å². The monoisotopic (exact) mass is 1680 g/mol. The summed E-state index contributed by atoms with van der Waals surface area (Å²) in [6.07, 6.45) is 26.7. The number of rotatable bonds is 77. The summed E-state index contributed by atoms with van der Waals surface area (Å²) in [4.78, 5) is 66.4. The Balaban J connectivity index is 1.90. The number of esters is 4. The van der Waals surface area contributed by atoms with Gasteiger partial charge in [-0.15, -0.1) is 0 Å². The van der Waals surface area contributed by atoms with Gasteiger partial charge >= 0.3 is 31.7 Å². The molecule has 1 saturated carbocycles. The number of phosphoric acid groups is 1. The molecule has 2 saturated heterocycles. The molecule has 116 heavy (non-hydrogen) atoms. The molecule has 0 aromatic carbocycles. The van der Waals surface area contributed by atoms with E-state index in [2.05, 4.69) is 27.7 Å². The first kappa shape index (κ1) is 108. The summed E-state index contributed by atoms with van der Waals surface area (Å²) in [7, 11) is -5.80. The number of hydrogen-bond donors (Lipinski definition) is 10. The number of unbranched alkanes of at least 4 members (excludes halogenated alkanes) is 53. The summed E-state index contributed by atoms with van der Waals surface area (Å²) in [5.41, 5.74) is 0. The van der Waals surface area contributed by atoms with Gasteiger partial charge in [-0.05, 0) is 25.7 Å². The van der Waals surface area contributed by atoms with E-state index in [-0.39, 0.29) is 25.7 Å². The van der Waals surface area contributed by atoms with Crippen molar-refractivity contribution in [2.45, 2.75) is 524 Å². The van der Waals surface area contributed by atoms with Crippen LogP contribution >= 0.6 is 7.82 Å². The number of aliphatic hydroxyl groups is 9. The SMILES string of the molecule is CCCCCCCCCCCCCCCCCCC(=O)OCC1OC(OC2C(OC(=O)CCCCCCCCCCCCCCC)C(O)C(O)C(OC3OC(CO)C(O)C(O)C3O)C2OP(=O)(O)OCC(COC(=O)CCCCCCCCCCCCCCC)OC(=O)CCCCCCCCCCCCCCCCC)C(O)C(O)C1O. The minimum absolute atomic E-state index is 0.0204.